The van der Waals surface area contributed by atoms with E-state index in [2.05, 4.69) is 33.6 Å². The predicted octanol–water partition coefficient (Wildman–Crippen LogP) is 2.30. The van der Waals surface area contributed by atoms with Crippen molar-refractivity contribution in [3.8, 4) is 0 Å². The zero-order valence-electron chi connectivity index (χ0n) is 23.0. The summed E-state index contributed by atoms with van der Waals surface area (Å²) in [5, 5.41) is -0.0934. The molecule has 206 valence electrons. The van der Waals surface area contributed by atoms with E-state index < -0.39 is 10.0 Å². The zero-order chi connectivity index (χ0) is 26.4. The smallest absolute Gasteiger partial charge is 0.257 e. The number of likely N-dealkylation sites (tertiary alicyclic amines) is 1. The number of aromatic nitrogens is 2. The van der Waals surface area contributed by atoms with Crippen LogP contribution in [0.15, 0.2) is 6.33 Å². The Hall–Kier alpha value is -1.62. The molecule has 0 radical (unpaired) electrons. The van der Waals surface area contributed by atoms with Gasteiger partial charge in [0.05, 0.1) is 22.2 Å². The fourth-order valence-corrected chi connectivity index (χ4v) is 8.45. The molecule has 0 spiro atoms. The summed E-state index contributed by atoms with van der Waals surface area (Å²) in [5.74, 6) is 0.644. The first-order valence-corrected chi connectivity index (χ1v) is 15.6. The molecule has 9 nitrogen and oxygen atoms in total. The largest absolute Gasteiger partial charge is 0.338 e. The van der Waals surface area contributed by atoms with Gasteiger partial charge in [0, 0.05) is 63.9 Å². The molecule has 1 aromatic heterocycles. The van der Waals surface area contributed by atoms with Crippen LogP contribution in [0, 0.1) is 19.8 Å². The van der Waals surface area contributed by atoms with Crippen molar-refractivity contribution in [3.63, 3.8) is 0 Å². The molecule has 0 N–H and O–H groups in total. The lowest BCUT2D eigenvalue weighted by atomic mass is 9.86. The number of piperidine rings is 2. The van der Waals surface area contributed by atoms with E-state index in [1.165, 1.54) is 6.33 Å². The Morgan fingerprint density at radius 1 is 0.973 bits per heavy atom. The van der Waals surface area contributed by atoms with E-state index in [9.17, 15) is 13.2 Å². The molecule has 1 amide bonds. The summed E-state index contributed by atoms with van der Waals surface area (Å²) in [6.07, 6.45) is 7.13. The van der Waals surface area contributed by atoms with Crippen molar-refractivity contribution in [2.24, 2.45) is 5.92 Å². The highest BCUT2D eigenvalue weighted by Gasteiger charge is 2.43. The number of carbonyl (C=O) groups is 1. The molecule has 0 aromatic carbocycles. The average Bonchev–Trinajstić information content (AvgIpc) is 3.72. The molecule has 1 atom stereocenters. The highest BCUT2D eigenvalue weighted by Crippen LogP contribution is 2.34. The summed E-state index contributed by atoms with van der Waals surface area (Å²) < 4.78 is 26.9. The van der Waals surface area contributed by atoms with E-state index in [1.54, 1.807) is 4.31 Å². The normalized spacial score (nSPS) is 26.9. The number of sulfonamides is 1. The van der Waals surface area contributed by atoms with Crippen LogP contribution in [0.1, 0.15) is 74.1 Å². The van der Waals surface area contributed by atoms with Gasteiger partial charge >= 0.3 is 0 Å². The minimum Gasteiger partial charge on any atom is -0.338 e. The van der Waals surface area contributed by atoms with Crippen LogP contribution in [0.5, 0.6) is 0 Å². The number of nitrogens with zero attached hydrogens (tertiary/aromatic N) is 6. The Kier molecular flexibility index (Phi) is 7.66. The third kappa shape index (κ3) is 5.58. The second-order valence-corrected chi connectivity index (χ2v) is 14.3. The van der Waals surface area contributed by atoms with Gasteiger partial charge in [-0.05, 0) is 72.1 Å². The van der Waals surface area contributed by atoms with Gasteiger partial charge in [-0.3, -0.25) is 14.6 Å². The van der Waals surface area contributed by atoms with Crippen molar-refractivity contribution in [1.29, 1.82) is 0 Å². The van der Waals surface area contributed by atoms with Crippen LogP contribution >= 0.6 is 0 Å². The first-order chi connectivity index (χ1) is 17.6. The van der Waals surface area contributed by atoms with Crippen molar-refractivity contribution in [1.82, 2.24) is 29.0 Å². The molecular formula is C27H44N6O3S. The molecule has 3 saturated heterocycles. The third-order valence-electron chi connectivity index (χ3n) is 9.47. The third-order valence-corrected chi connectivity index (χ3v) is 11.9. The Labute approximate surface area is 222 Å². The lowest BCUT2D eigenvalue weighted by molar-refractivity contribution is -0.0223. The molecule has 4 aliphatic rings. The Morgan fingerprint density at radius 3 is 2.16 bits per heavy atom. The lowest BCUT2D eigenvalue weighted by Crippen LogP contribution is -2.62. The van der Waals surface area contributed by atoms with Gasteiger partial charge in [-0.15, -0.1) is 0 Å². The van der Waals surface area contributed by atoms with Gasteiger partial charge in [0.2, 0.25) is 10.0 Å². The standard InChI is InChI=1S/C27H44N6O3S/c1-20-17-32(16-15-31(20)18-23-7-11-33(12-8-23)37(35,36)24-5-6-24)27(4)9-13-30(14-10-27)26(34)25-21(2)28-19-29-22(25)3/h19-20,23-24H,5-18H2,1-4H3. The first-order valence-electron chi connectivity index (χ1n) is 14.1. The second kappa shape index (κ2) is 10.5. The lowest BCUT2D eigenvalue weighted by Gasteiger charge is -2.52. The van der Waals surface area contributed by atoms with Crippen LogP contribution in [0.4, 0.5) is 0 Å². The number of hydrogen-bond donors (Lipinski definition) is 0. The molecule has 1 aromatic rings. The predicted molar refractivity (Wildman–Crippen MR) is 144 cm³/mol. The van der Waals surface area contributed by atoms with Crippen LogP contribution in [0.25, 0.3) is 0 Å². The molecule has 1 saturated carbocycles. The Morgan fingerprint density at radius 2 is 1.59 bits per heavy atom. The first kappa shape index (κ1) is 27.0. The molecule has 4 heterocycles. The topological polar surface area (TPSA) is 90.0 Å². The minimum atomic E-state index is -3.03. The molecule has 4 fully saturated rings. The Bertz CT molecular complexity index is 1070. The highest BCUT2D eigenvalue weighted by atomic mass is 32.2. The number of aryl methyl sites for hydroxylation is 2. The van der Waals surface area contributed by atoms with E-state index in [-0.39, 0.29) is 16.7 Å². The van der Waals surface area contributed by atoms with Crippen molar-refractivity contribution < 1.29 is 13.2 Å². The maximum absolute atomic E-state index is 13.2. The highest BCUT2D eigenvalue weighted by molar-refractivity contribution is 7.90. The van der Waals surface area contributed by atoms with Crippen LogP contribution in [0.2, 0.25) is 0 Å². The summed E-state index contributed by atoms with van der Waals surface area (Å²) in [7, 11) is -3.03. The molecular weight excluding hydrogens is 488 g/mol. The van der Waals surface area contributed by atoms with E-state index >= 15 is 0 Å². The van der Waals surface area contributed by atoms with Crippen LogP contribution < -0.4 is 0 Å². The van der Waals surface area contributed by atoms with Gasteiger partial charge in [0.25, 0.3) is 5.91 Å². The minimum absolute atomic E-state index is 0.0619. The van der Waals surface area contributed by atoms with Gasteiger partial charge in [-0.25, -0.2) is 22.7 Å². The van der Waals surface area contributed by atoms with Crippen molar-refractivity contribution in [2.75, 3.05) is 52.4 Å². The zero-order valence-corrected chi connectivity index (χ0v) is 23.8. The second-order valence-electron chi connectivity index (χ2n) is 12.1. The van der Waals surface area contributed by atoms with Crippen molar-refractivity contribution in [2.45, 2.75) is 83.1 Å². The summed E-state index contributed by atoms with van der Waals surface area (Å²) in [6.45, 7) is 15.6. The van der Waals surface area contributed by atoms with Gasteiger partial charge in [-0.2, -0.15) is 0 Å². The molecule has 0 bridgehead atoms. The molecule has 5 rings (SSSR count). The number of piperazine rings is 1. The average molecular weight is 533 g/mol. The van der Waals surface area contributed by atoms with Crippen molar-refractivity contribution >= 4 is 15.9 Å². The van der Waals surface area contributed by atoms with Gasteiger partial charge in [0.15, 0.2) is 0 Å². The Balaban J connectivity index is 1.10. The van der Waals surface area contributed by atoms with E-state index in [0.717, 1.165) is 89.2 Å². The van der Waals surface area contributed by atoms with Crippen molar-refractivity contribution in [3.05, 3.63) is 23.3 Å². The summed E-state index contributed by atoms with van der Waals surface area (Å²) in [4.78, 5) is 28.9. The fraction of sp³-hybridized carbons (Fsp3) is 0.815. The number of amides is 1. The maximum atomic E-state index is 13.2. The SMILES string of the molecule is Cc1ncnc(C)c1C(=O)N1CCC(C)(N2CCN(CC3CCN(S(=O)(=O)C4CC4)CC3)C(C)C2)CC1. The van der Waals surface area contributed by atoms with Gasteiger partial charge in [0.1, 0.15) is 6.33 Å². The number of carbonyl (C=O) groups excluding carboxylic acids is 1. The molecule has 1 unspecified atom stereocenters. The van der Waals surface area contributed by atoms with Gasteiger partial charge < -0.3 is 4.90 Å². The fourth-order valence-electron chi connectivity index (χ4n) is 6.58. The monoisotopic (exact) mass is 532 g/mol. The molecule has 10 heteroatoms. The summed E-state index contributed by atoms with van der Waals surface area (Å²) >= 11 is 0. The molecule has 3 aliphatic heterocycles. The molecule has 1 aliphatic carbocycles. The van der Waals surface area contributed by atoms with E-state index in [0.29, 0.717) is 30.6 Å². The number of hydrogen-bond acceptors (Lipinski definition) is 7. The quantitative estimate of drug-likeness (QED) is 0.555. The van der Waals surface area contributed by atoms with Crippen LogP contribution in [-0.4, -0.2) is 112 Å². The van der Waals surface area contributed by atoms with E-state index in [1.807, 2.05) is 18.7 Å². The van der Waals surface area contributed by atoms with E-state index in [4.69, 9.17) is 0 Å². The summed E-state index contributed by atoms with van der Waals surface area (Å²) in [5.41, 5.74) is 2.28. The maximum Gasteiger partial charge on any atom is 0.257 e. The number of rotatable bonds is 6. The van der Waals surface area contributed by atoms with Crippen LogP contribution in [-0.2, 0) is 10.0 Å². The summed E-state index contributed by atoms with van der Waals surface area (Å²) in [6, 6.07) is 0.477. The van der Waals surface area contributed by atoms with Crippen LogP contribution in [0.3, 0.4) is 0 Å². The molecule has 37 heavy (non-hydrogen) atoms. The van der Waals surface area contributed by atoms with Gasteiger partial charge in [-0.1, -0.05) is 0 Å².